The van der Waals surface area contributed by atoms with Crippen LogP contribution in [-0.4, -0.2) is 21.5 Å². The lowest BCUT2D eigenvalue weighted by atomic mass is 10.1. The first kappa shape index (κ1) is 16.5. The average Bonchev–Trinajstić information content (AvgIpc) is 3.17. The van der Waals surface area contributed by atoms with Crippen LogP contribution in [0.3, 0.4) is 0 Å². The Labute approximate surface area is 128 Å². The van der Waals surface area contributed by atoms with Gasteiger partial charge in [0.2, 0.25) is 10.0 Å². The van der Waals surface area contributed by atoms with Gasteiger partial charge in [-0.25, -0.2) is 13.1 Å². The van der Waals surface area contributed by atoms with E-state index in [4.69, 9.17) is 0 Å². The molecule has 0 aliphatic heterocycles. The lowest BCUT2D eigenvalue weighted by molar-refractivity contribution is 0.530. The Hall–Kier alpha value is -0.910. The number of sulfonamides is 1. The third kappa shape index (κ3) is 4.28. The molecule has 118 valence electrons. The molecular formula is C16H26N2O2S. The molecule has 1 aliphatic carbocycles. The molecule has 0 aromatic heterocycles. The van der Waals surface area contributed by atoms with Gasteiger partial charge in [0.05, 0.1) is 4.90 Å². The standard InChI is InChI=1S/C16H26N2O2S/c1-4-10-17-11-14-6-5-7-15(13(14)2)21(19,20)18-12-16(3)8-9-16/h5-7,17-18H,4,8-12H2,1-3H3. The van der Waals surface area contributed by atoms with Gasteiger partial charge in [-0.05, 0) is 55.3 Å². The molecule has 0 radical (unpaired) electrons. The maximum Gasteiger partial charge on any atom is 0.240 e. The summed E-state index contributed by atoms with van der Waals surface area (Å²) in [7, 11) is -3.42. The van der Waals surface area contributed by atoms with E-state index in [2.05, 4.69) is 23.9 Å². The Balaban J connectivity index is 2.12. The maximum atomic E-state index is 12.5. The quantitative estimate of drug-likeness (QED) is 0.726. The summed E-state index contributed by atoms with van der Waals surface area (Å²) in [5, 5.41) is 3.32. The third-order valence-corrected chi connectivity index (χ3v) is 5.77. The minimum atomic E-state index is -3.42. The second kappa shape index (κ2) is 6.46. The second-order valence-corrected chi connectivity index (χ2v) is 8.09. The Morgan fingerprint density at radius 3 is 2.62 bits per heavy atom. The van der Waals surface area contributed by atoms with E-state index in [0.29, 0.717) is 18.0 Å². The molecule has 1 aliphatic rings. The fraction of sp³-hybridized carbons (Fsp3) is 0.625. The summed E-state index contributed by atoms with van der Waals surface area (Å²) in [6, 6.07) is 5.50. The van der Waals surface area contributed by atoms with Gasteiger partial charge in [0.25, 0.3) is 0 Å². The van der Waals surface area contributed by atoms with Crippen LogP contribution < -0.4 is 10.0 Å². The molecule has 1 aromatic rings. The summed E-state index contributed by atoms with van der Waals surface area (Å²) in [4.78, 5) is 0.405. The summed E-state index contributed by atoms with van der Waals surface area (Å²) in [5.74, 6) is 0. The van der Waals surface area contributed by atoms with Crippen LogP contribution in [0.2, 0.25) is 0 Å². The first-order chi connectivity index (χ1) is 9.88. The van der Waals surface area contributed by atoms with E-state index < -0.39 is 10.0 Å². The van der Waals surface area contributed by atoms with Crippen LogP contribution in [0.15, 0.2) is 23.1 Å². The zero-order valence-electron chi connectivity index (χ0n) is 13.2. The van der Waals surface area contributed by atoms with E-state index in [1.807, 2.05) is 19.1 Å². The van der Waals surface area contributed by atoms with E-state index in [-0.39, 0.29) is 5.41 Å². The molecule has 2 N–H and O–H groups in total. The molecule has 0 spiro atoms. The second-order valence-electron chi connectivity index (χ2n) is 6.35. The van der Waals surface area contributed by atoms with E-state index >= 15 is 0 Å². The Bertz CT molecular complexity index is 592. The largest absolute Gasteiger partial charge is 0.313 e. The van der Waals surface area contributed by atoms with E-state index in [9.17, 15) is 8.42 Å². The van der Waals surface area contributed by atoms with Crippen molar-refractivity contribution < 1.29 is 8.42 Å². The van der Waals surface area contributed by atoms with Gasteiger partial charge in [-0.15, -0.1) is 0 Å². The number of nitrogens with one attached hydrogen (secondary N) is 2. The van der Waals surface area contributed by atoms with Crippen LogP contribution in [0.5, 0.6) is 0 Å². The molecule has 0 unspecified atom stereocenters. The lowest BCUT2D eigenvalue weighted by Gasteiger charge is -2.15. The van der Waals surface area contributed by atoms with Crippen molar-refractivity contribution in [2.75, 3.05) is 13.1 Å². The SMILES string of the molecule is CCCNCc1cccc(S(=O)(=O)NCC2(C)CC2)c1C. The first-order valence-electron chi connectivity index (χ1n) is 7.67. The fourth-order valence-corrected chi connectivity index (χ4v) is 3.77. The van der Waals surface area contributed by atoms with Crippen molar-refractivity contribution in [1.29, 1.82) is 0 Å². The summed E-state index contributed by atoms with van der Waals surface area (Å²) in [6.45, 7) is 8.30. The Morgan fingerprint density at radius 1 is 1.29 bits per heavy atom. The van der Waals surface area contributed by atoms with Crippen LogP contribution in [0.4, 0.5) is 0 Å². The molecule has 1 aromatic carbocycles. The van der Waals surface area contributed by atoms with Crippen molar-refractivity contribution in [3.8, 4) is 0 Å². The first-order valence-corrected chi connectivity index (χ1v) is 9.15. The molecule has 2 rings (SSSR count). The number of rotatable bonds is 8. The maximum absolute atomic E-state index is 12.5. The van der Waals surface area contributed by atoms with Gasteiger partial charge in [0, 0.05) is 13.1 Å². The van der Waals surface area contributed by atoms with Gasteiger partial charge in [-0.2, -0.15) is 0 Å². The van der Waals surface area contributed by atoms with Crippen molar-refractivity contribution in [2.24, 2.45) is 5.41 Å². The summed E-state index contributed by atoms with van der Waals surface area (Å²) in [5.41, 5.74) is 2.06. The molecule has 0 saturated heterocycles. The fourth-order valence-electron chi connectivity index (χ4n) is 2.28. The zero-order valence-corrected chi connectivity index (χ0v) is 14.0. The lowest BCUT2D eigenvalue weighted by Crippen LogP contribution is -2.30. The van der Waals surface area contributed by atoms with Gasteiger partial charge >= 0.3 is 0 Å². The van der Waals surface area contributed by atoms with Crippen molar-refractivity contribution >= 4 is 10.0 Å². The molecule has 0 bridgehead atoms. The highest BCUT2D eigenvalue weighted by Gasteiger charge is 2.38. The number of benzene rings is 1. The summed E-state index contributed by atoms with van der Waals surface area (Å²) >= 11 is 0. The monoisotopic (exact) mass is 310 g/mol. The van der Waals surface area contributed by atoms with Gasteiger partial charge < -0.3 is 5.32 Å². The van der Waals surface area contributed by atoms with Gasteiger partial charge in [0.15, 0.2) is 0 Å². The van der Waals surface area contributed by atoms with Crippen LogP contribution in [0, 0.1) is 12.3 Å². The van der Waals surface area contributed by atoms with Crippen molar-refractivity contribution in [2.45, 2.75) is 51.5 Å². The topological polar surface area (TPSA) is 58.2 Å². The van der Waals surface area contributed by atoms with Crippen LogP contribution >= 0.6 is 0 Å². The molecule has 0 atom stereocenters. The minimum Gasteiger partial charge on any atom is -0.313 e. The minimum absolute atomic E-state index is 0.168. The Morgan fingerprint density at radius 2 is 2.00 bits per heavy atom. The number of hydrogen-bond donors (Lipinski definition) is 2. The van der Waals surface area contributed by atoms with Gasteiger partial charge in [-0.3, -0.25) is 0 Å². The van der Waals surface area contributed by atoms with Crippen LogP contribution in [0.1, 0.15) is 44.2 Å². The molecular weight excluding hydrogens is 284 g/mol. The highest BCUT2D eigenvalue weighted by Crippen LogP contribution is 2.44. The van der Waals surface area contributed by atoms with E-state index in [1.165, 1.54) is 0 Å². The zero-order chi connectivity index (χ0) is 15.5. The molecule has 21 heavy (non-hydrogen) atoms. The van der Waals surface area contributed by atoms with Gasteiger partial charge in [0.1, 0.15) is 0 Å². The molecule has 4 nitrogen and oxygen atoms in total. The highest BCUT2D eigenvalue weighted by molar-refractivity contribution is 7.89. The predicted molar refractivity (Wildman–Crippen MR) is 85.7 cm³/mol. The molecule has 5 heteroatoms. The molecule has 0 amide bonds. The van der Waals surface area contributed by atoms with Crippen molar-refractivity contribution in [3.05, 3.63) is 29.3 Å². The smallest absolute Gasteiger partial charge is 0.240 e. The molecule has 0 heterocycles. The van der Waals surface area contributed by atoms with Gasteiger partial charge in [-0.1, -0.05) is 26.0 Å². The van der Waals surface area contributed by atoms with Crippen LogP contribution in [0.25, 0.3) is 0 Å². The van der Waals surface area contributed by atoms with E-state index in [0.717, 1.165) is 36.9 Å². The third-order valence-electron chi connectivity index (χ3n) is 4.22. The number of hydrogen-bond acceptors (Lipinski definition) is 3. The summed E-state index contributed by atoms with van der Waals surface area (Å²) < 4.78 is 27.7. The highest BCUT2D eigenvalue weighted by atomic mass is 32.2. The molecule has 1 saturated carbocycles. The Kier molecular flexibility index (Phi) is 5.07. The normalized spacial score (nSPS) is 16.9. The van der Waals surface area contributed by atoms with Crippen molar-refractivity contribution in [3.63, 3.8) is 0 Å². The van der Waals surface area contributed by atoms with E-state index in [1.54, 1.807) is 6.07 Å². The molecule has 1 fully saturated rings. The van der Waals surface area contributed by atoms with Crippen molar-refractivity contribution in [1.82, 2.24) is 10.0 Å². The summed E-state index contributed by atoms with van der Waals surface area (Å²) in [6.07, 6.45) is 3.28. The average molecular weight is 310 g/mol. The predicted octanol–water partition coefficient (Wildman–Crippen LogP) is 2.57. The van der Waals surface area contributed by atoms with Crippen LogP contribution in [-0.2, 0) is 16.6 Å².